The highest BCUT2D eigenvalue weighted by Crippen LogP contribution is 2.26. The maximum absolute atomic E-state index is 3.49. The van der Waals surface area contributed by atoms with Crippen LogP contribution in [0.15, 0.2) is 0 Å². The Morgan fingerprint density at radius 2 is 1.79 bits per heavy atom. The minimum absolute atomic E-state index is 0. The number of rotatable bonds is 5. The van der Waals surface area contributed by atoms with E-state index in [1.807, 2.05) is 0 Å². The van der Waals surface area contributed by atoms with Crippen molar-refractivity contribution in [1.82, 2.24) is 5.32 Å². The van der Waals surface area contributed by atoms with Gasteiger partial charge in [-0.25, -0.2) is 0 Å². The molecule has 1 nitrogen and oxygen atoms in total. The summed E-state index contributed by atoms with van der Waals surface area (Å²) in [6, 6.07) is 0.659. The van der Waals surface area contributed by atoms with Crippen LogP contribution in [-0.4, -0.2) is 12.6 Å². The number of nitrogens with one attached hydrogen (secondary N) is 1. The summed E-state index contributed by atoms with van der Waals surface area (Å²) in [5.74, 6) is 1.06. The van der Waals surface area contributed by atoms with Gasteiger partial charge < -0.3 is 5.32 Å². The summed E-state index contributed by atoms with van der Waals surface area (Å²) in [7, 11) is 0. The van der Waals surface area contributed by atoms with Crippen LogP contribution in [0.1, 0.15) is 58.8 Å². The summed E-state index contributed by atoms with van der Waals surface area (Å²) in [5.41, 5.74) is 0. The van der Waals surface area contributed by atoms with Gasteiger partial charge in [0.05, 0.1) is 0 Å². The Balaban J connectivity index is 0.00000169. The average Bonchev–Trinajstić information content (AvgIpc) is 2.14. The Kier molecular flexibility index (Phi) is 8.70. The summed E-state index contributed by atoms with van der Waals surface area (Å²) in [4.78, 5) is 0. The van der Waals surface area contributed by atoms with E-state index in [1.54, 1.807) is 0 Å². The highest BCUT2D eigenvalue weighted by molar-refractivity contribution is 5.85. The van der Waals surface area contributed by atoms with Gasteiger partial charge in [-0.3, -0.25) is 0 Å². The molecule has 0 heterocycles. The predicted octanol–water partition coefficient (Wildman–Crippen LogP) is 3.77. The average molecular weight is 220 g/mol. The molecule has 0 aromatic heterocycles. The third-order valence-corrected chi connectivity index (χ3v) is 3.07. The van der Waals surface area contributed by atoms with Crippen molar-refractivity contribution in [3.63, 3.8) is 0 Å². The van der Waals surface area contributed by atoms with Crippen molar-refractivity contribution in [3.8, 4) is 0 Å². The first-order valence-corrected chi connectivity index (χ1v) is 6.02. The molecule has 0 radical (unpaired) electrons. The number of halogens is 1. The summed E-state index contributed by atoms with van der Waals surface area (Å²) < 4.78 is 0. The van der Waals surface area contributed by atoms with E-state index in [1.165, 1.54) is 51.5 Å². The van der Waals surface area contributed by atoms with Crippen molar-refractivity contribution < 1.29 is 0 Å². The van der Waals surface area contributed by atoms with Crippen molar-refractivity contribution in [1.29, 1.82) is 0 Å². The van der Waals surface area contributed by atoms with Crippen molar-refractivity contribution in [2.24, 2.45) is 5.92 Å². The molecule has 86 valence electrons. The van der Waals surface area contributed by atoms with E-state index >= 15 is 0 Å². The smallest absolute Gasteiger partial charge is 0.00103 e. The van der Waals surface area contributed by atoms with E-state index in [9.17, 15) is 0 Å². The highest BCUT2D eigenvalue weighted by Gasteiger charge is 2.12. The van der Waals surface area contributed by atoms with Crippen LogP contribution in [-0.2, 0) is 0 Å². The molecule has 1 rings (SSSR count). The Hall–Kier alpha value is 0.250. The molecular weight excluding hydrogens is 194 g/mol. The molecule has 0 spiro atoms. The first kappa shape index (κ1) is 14.2. The molecule has 1 fully saturated rings. The summed E-state index contributed by atoms with van der Waals surface area (Å²) in [6.07, 6.45) is 10.3. The van der Waals surface area contributed by atoms with E-state index < -0.39 is 0 Å². The van der Waals surface area contributed by atoms with Crippen LogP contribution in [0.25, 0.3) is 0 Å². The SMILES string of the molecule is CC(C)NCCCC1CCCCC1.Cl. The van der Waals surface area contributed by atoms with E-state index in [0.29, 0.717) is 6.04 Å². The Labute approximate surface area is 95.5 Å². The zero-order valence-corrected chi connectivity index (χ0v) is 10.5. The third-order valence-electron chi connectivity index (χ3n) is 3.07. The first-order chi connectivity index (χ1) is 6.29. The minimum atomic E-state index is 0. The van der Waals surface area contributed by atoms with Gasteiger partial charge in [-0.2, -0.15) is 0 Å². The second-order valence-corrected chi connectivity index (χ2v) is 4.76. The van der Waals surface area contributed by atoms with Crippen LogP contribution in [0.4, 0.5) is 0 Å². The summed E-state index contributed by atoms with van der Waals surface area (Å²) in [5, 5.41) is 3.49. The highest BCUT2D eigenvalue weighted by atomic mass is 35.5. The Morgan fingerprint density at radius 3 is 2.36 bits per heavy atom. The third kappa shape index (κ3) is 6.67. The molecule has 0 atom stereocenters. The van der Waals surface area contributed by atoms with Gasteiger partial charge in [-0.15, -0.1) is 12.4 Å². The summed E-state index contributed by atoms with van der Waals surface area (Å²) in [6.45, 7) is 5.66. The molecule has 1 saturated carbocycles. The number of hydrogen-bond acceptors (Lipinski definition) is 1. The molecule has 1 N–H and O–H groups in total. The van der Waals surface area contributed by atoms with Crippen LogP contribution >= 0.6 is 12.4 Å². The maximum Gasteiger partial charge on any atom is 0.00103 e. The van der Waals surface area contributed by atoms with E-state index in [0.717, 1.165) is 5.92 Å². The Morgan fingerprint density at radius 1 is 1.14 bits per heavy atom. The van der Waals surface area contributed by atoms with Gasteiger partial charge in [-0.1, -0.05) is 46.0 Å². The molecule has 0 saturated heterocycles. The second kappa shape index (κ2) is 8.55. The van der Waals surface area contributed by atoms with Gasteiger partial charge in [0, 0.05) is 6.04 Å². The van der Waals surface area contributed by atoms with Crippen LogP contribution in [0.2, 0.25) is 0 Å². The fourth-order valence-electron chi connectivity index (χ4n) is 2.26. The molecule has 0 bridgehead atoms. The topological polar surface area (TPSA) is 12.0 Å². The lowest BCUT2D eigenvalue weighted by molar-refractivity contribution is 0.329. The lowest BCUT2D eigenvalue weighted by Gasteiger charge is -2.21. The van der Waals surface area contributed by atoms with Crippen LogP contribution in [0.5, 0.6) is 0 Å². The zero-order chi connectivity index (χ0) is 9.52. The van der Waals surface area contributed by atoms with Gasteiger partial charge in [0.15, 0.2) is 0 Å². The quantitative estimate of drug-likeness (QED) is 0.695. The molecule has 0 aliphatic heterocycles. The van der Waals surface area contributed by atoms with E-state index in [4.69, 9.17) is 0 Å². The van der Waals surface area contributed by atoms with Gasteiger partial charge in [0.1, 0.15) is 0 Å². The molecule has 2 heteroatoms. The molecule has 0 aromatic rings. The van der Waals surface area contributed by atoms with Gasteiger partial charge in [0.25, 0.3) is 0 Å². The largest absolute Gasteiger partial charge is 0.315 e. The van der Waals surface area contributed by atoms with E-state index in [-0.39, 0.29) is 12.4 Å². The van der Waals surface area contributed by atoms with Gasteiger partial charge in [0.2, 0.25) is 0 Å². The molecule has 1 aliphatic rings. The van der Waals surface area contributed by atoms with Crippen molar-refractivity contribution >= 4 is 12.4 Å². The maximum atomic E-state index is 3.49. The molecule has 0 amide bonds. The standard InChI is InChI=1S/C12H25N.ClH/c1-11(2)13-10-6-9-12-7-4-3-5-8-12;/h11-13H,3-10H2,1-2H3;1H. The predicted molar refractivity (Wildman–Crippen MR) is 66.2 cm³/mol. The fourth-order valence-corrected chi connectivity index (χ4v) is 2.26. The second-order valence-electron chi connectivity index (χ2n) is 4.76. The van der Waals surface area contributed by atoms with Gasteiger partial charge in [-0.05, 0) is 25.3 Å². The van der Waals surface area contributed by atoms with Crippen LogP contribution in [0, 0.1) is 5.92 Å². The molecule has 14 heavy (non-hydrogen) atoms. The molecule has 1 aliphatic carbocycles. The summed E-state index contributed by atoms with van der Waals surface area (Å²) >= 11 is 0. The monoisotopic (exact) mass is 219 g/mol. The fraction of sp³-hybridized carbons (Fsp3) is 1.00. The number of hydrogen-bond donors (Lipinski definition) is 1. The van der Waals surface area contributed by atoms with Crippen molar-refractivity contribution in [3.05, 3.63) is 0 Å². The molecule has 0 aromatic carbocycles. The van der Waals surface area contributed by atoms with Crippen LogP contribution in [0.3, 0.4) is 0 Å². The Bertz CT molecular complexity index is 119. The molecule has 0 unspecified atom stereocenters. The van der Waals surface area contributed by atoms with E-state index in [2.05, 4.69) is 19.2 Å². The normalized spacial score (nSPS) is 18.2. The van der Waals surface area contributed by atoms with Crippen molar-refractivity contribution in [2.45, 2.75) is 64.8 Å². The zero-order valence-electron chi connectivity index (χ0n) is 9.72. The lowest BCUT2D eigenvalue weighted by Crippen LogP contribution is -2.24. The molecular formula is C12H26ClN. The first-order valence-electron chi connectivity index (χ1n) is 6.02. The van der Waals surface area contributed by atoms with Crippen LogP contribution < -0.4 is 5.32 Å². The van der Waals surface area contributed by atoms with Gasteiger partial charge >= 0.3 is 0 Å². The lowest BCUT2D eigenvalue weighted by atomic mass is 9.86. The van der Waals surface area contributed by atoms with Crippen molar-refractivity contribution in [2.75, 3.05) is 6.54 Å². The minimum Gasteiger partial charge on any atom is -0.315 e.